The van der Waals surface area contributed by atoms with E-state index < -0.39 is 0 Å². The number of benzene rings is 2. The number of thioether (sulfide) groups is 1. The fourth-order valence-corrected chi connectivity index (χ4v) is 4.23. The first-order valence-electron chi connectivity index (χ1n) is 9.78. The average Bonchev–Trinajstić information content (AvgIpc) is 3.48. The van der Waals surface area contributed by atoms with Gasteiger partial charge in [-0.15, -0.1) is 11.8 Å². The minimum Gasteiger partial charge on any atom is -0.464 e. The topological polar surface area (TPSA) is 60.1 Å². The number of nitrogens with one attached hydrogen (secondary N) is 1. The van der Waals surface area contributed by atoms with Gasteiger partial charge in [0.15, 0.2) is 0 Å². The number of hydrogen-bond acceptors (Lipinski definition) is 4. The Labute approximate surface area is 183 Å². The molecule has 0 fully saturated rings. The van der Waals surface area contributed by atoms with E-state index in [2.05, 4.69) is 45.4 Å². The summed E-state index contributed by atoms with van der Waals surface area (Å²) >= 11 is 1.69. The van der Waals surface area contributed by atoms with Crippen molar-refractivity contribution in [3.05, 3.63) is 97.0 Å². The van der Waals surface area contributed by atoms with Crippen LogP contribution in [-0.4, -0.2) is 21.7 Å². The van der Waals surface area contributed by atoms with Crippen LogP contribution in [0.15, 0.2) is 101 Å². The normalized spacial score (nSPS) is 11.0. The van der Waals surface area contributed by atoms with Gasteiger partial charge < -0.3 is 14.3 Å². The number of pyridine rings is 1. The largest absolute Gasteiger partial charge is 0.464 e. The SMILES string of the molecule is CSc1cc2cc(-c3ccco3)ccc2n1-c1ccc(NC(=O)c2cccnc2)cc1. The highest BCUT2D eigenvalue weighted by Gasteiger charge is 2.13. The van der Waals surface area contributed by atoms with Crippen molar-refractivity contribution in [3.63, 3.8) is 0 Å². The van der Waals surface area contributed by atoms with Crippen molar-refractivity contribution < 1.29 is 9.21 Å². The van der Waals surface area contributed by atoms with Gasteiger partial charge in [0.25, 0.3) is 5.91 Å². The number of fused-ring (bicyclic) bond motifs is 1. The zero-order valence-electron chi connectivity index (χ0n) is 16.8. The number of rotatable bonds is 5. The van der Waals surface area contributed by atoms with Crippen molar-refractivity contribution in [2.24, 2.45) is 0 Å². The lowest BCUT2D eigenvalue weighted by Crippen LogP contribution is -2.12. The minimum atomic E-state index is -0.178. The number of aromatic nitrogens is 2. The lowest BCUT2D eigenvalue weighted by atomic mass is 10.1. The molecule has 0 aliphatic carbocycles. The summed E-state index contributed by atoms with van der Waals surface area (Å²) < 4.78 is 7.76. The number of nitrogens with zero attached hydrogens (tertiary/aromatic N) is 2. The Morgan fingerprint density at radius 3 is 2.61 bits per heavy atom. The Balaban J connectivity index is 1.46. The predicted molar refractivity (Wildman–Crippen MR) is 125 cm³/mol. The summed E-state index contributed by atoms with van der Waals surface area (Å²) in [5.41, 5.74) is 4.46. The van der Waals surface area contributed by atoms with E-state index in [4.69, 9.17) is 4.42 Å². The zero-order chi connectivity index (χ0) is 21.2. The molecule has 0 saturated carbocycles. The van der Waals surface area contributed by atoms with Gasteiger partial charge in [-0.3, -0.25) is 9.78 Å². The second-order valence-electron chi connectivity index (χ2n) is 7.02. The highest BCUT2D eigenvalue weighted by atomic mass is 32.2. The molecular weight excluding hydrogens is 406 g/mol. The molecular formula is C25H19N3O2S. The summed E-state index contributed by atoms with van der Waals surface area (Å²) in [4.78, 5) is 16.4. The van der Waals surface area contributed by atoms with E-state index in [1.807, 2.05) is 36.4 Å². The predicted octanol–water partition coefficient (Wildman–Crippen LogP) is 6.26. The second kappa shape index (κ2) is 8.16. The molecule has 2 aromatic carbocycles. The first kappa shape index (κ1) is 19.2. The monoisotopic (exact) mass is 425 g/mol. The summed E-state index contributed by atoms with van der Waals surface area (Å²) in [7, 11) is 0. The maximum Gasteiger partial charge on any atom is 0.257 e. The Kier molecular flexibility index (Phi) is 5.06. The second-order valence-corrected chi connectivity index (χ2v) is 7.84. The van der Waals surface area contributed by atoms with Crippen LogP contribution >= 0.6 is 11.8 Å². The minimum absolute atomic E-state index is 0.178. The summed E-state index contributed by atoms with van der Waals surface area (Å²) in [6.45, 7) is 0. The molecule has 5 aromatic rings. The number of amides is 1. The number of carbonyl (C=O) groups excluding carboxylic acids is 1. The molecule has 0 saturated heterocycles. The first-order valence-corrected chi connectivity index (χ1v) is 11.0. The van der Waals surface area contributed by atoms with Gasteiger partial charge in [0.1, 0.15) is 5.76 Å². The molecule has 5 rings (SSSR count). The smallest absolute Gasteiger partial charge is 0.257 e. The fourth-order valence-electron chi connectivity index (χ4n) is 3.60. The molecule has 0 radical (unpaired) electrons. The molecule has 0 unspecified atom stereocenters. The van der Waals surface area contributed by atoms with Crippen LogP contribution in [0.1, 0.15) is 10.4 Å². The Bertz CT molecular complexity index is 1340. The summed E-state index contributed by atoms with van der Waals surface area (Å²) in [5.74, 6) is 0.677. The van der Waals surface area contributed by atoms with Gasteiger partial charge in [0, 0.05) is 34.7 Å². The van der Waals surface area contributed by atoms with E-state index in [0.717, 1.165) is 38.6 Å². The van der Waals surface area contributed by atoms with Crippen molar-refractivity contribution >= 4 is 34.3 Å². The third-order valence-corrected chi connectivity index (χ3v) is 5.81. The van der Waals surface area contributed by atoms with E-state index in [1.54, 1.807) is 42.6 Å². The standard InChI is InChI=1S/C25H19N3O2S/c1-31-24-15-19-14-17(23-5-3-13-30-23)6-11-22(19)28(24)21-9-7-20(8-10-21)27-25(29)18-4-2-12-26-16-18/h2-16H,1H3,(H,27,29). The van der Waals surface area contributed by atoms with Crippen LogP contribution in [0.3, 0.4) is 0 Å². The van der Waals surface area contributed by atoms with Crippen molar-refractivity contribution in [2.45, 2.75) is 5.03 Å². The zero-order valence-corrected chi connectivity index (χ0v) is 17.6. The van der Waals surface area contributed by atoms with Gasteiger partial charge in [-0.05, 0) is 79.1 Å². The third kappa shape index (κ3) is 3.73. The van der Waals surface area contributed by atoms with Crippen molar-refractivity contribution in [1.82, 2.24) is 9.55 Å². The molecule has 0 spiro atoms. The summed E-state index contributed by atoms with van der Waals surface area (Å²) in [5, 5.41) is 5.20. The Morgan fingerprint density at radius 2 is 1.90 bits per heavy atom. The number of furan rings is 1. The van der Waals surface area contributed by atoms with E-state index in [-0.39, 0.29) is 5.91 Å². The molecule has 1 N–H and O–H groups in total. The Hall–Kier alpha value is -3.77. The van der Waals surface area contributed by atoms with Crippen LogP contribution in [0.4, 0.5) is 5.69 Å². The highest BCUT2D eigenvalue weighted by Crippen LogP contribution is 2.33. The molecule has 31 heavy (non-hydrogen) atoms. The molecule has 6 heteroatoms. The van der Waals surface area contributed by atoms with Crippen molar-refractivity contribution in [1.29, 1.82) is 0 Å². The number of anilines is 1. The molecule has 1 amide bonds. The molecule has 152 valence electrons. The maximum absolute atomic E-state index is 12.4. The van der Waals surface area contributed by atoms with Crippen LogP contribution in [0.5, 0.6) is 0 Å². The molecule has 3 heterocycles. The first-order chi connectivity index (χ1) is 15.2. The van der Waals surface area contributed by atoms with Crippen LogP contribution in [0, 0.1) is 0 Å². The van der Waals surface area contributed by atoms with E-state index in [0.29, 0.717) is 5.56 Å². The van der Waals surface area contributed by atoms with E-state index >= 15 is 0 Å². The summed E-state index contributed by atoms with van der Waals surface area (Å²) in [6.07, 6.45) is 6.96. The van der Waals surface area contributed by atoms with Gasteiger partial charge >= 0.3 is 0 Å². The van der Waals surface area contributed by atoms with E-state index in [9.17, 15) is 4.79 Å². The summed E-state index contributed by atoms with van der Waals surface area (Å²) in [6, 6.07) is 23.7. The van der Waals surface area contributed by atoms with Gasteiger partial charge in [-0.1, -0.05) is 0 Å². The maximum atomic E-state index is 12.4. The average molecular weight is 426 g/mol. The van der Waals surface area contributed by atoms with Crippen LogP contribution in [0.2, 0.25) is 0 Å². The third-order valence-electron chi connectivity index (χ3n) is 5.09. The lowest BCUT2D eigenvalue weighted by Gasteiger charge is -2.11. The molecule has 3 aromatic heterocycles. The van der Waals surface area contributed by atoms with Crippen molar-refractivity contribution in [3.8, 4) is 17.0 Å². The van der Waals surface area contributed by atoms with Gasteiger partial charge in [-0.2, -0.15) is 0 Å². The van der Waals surface area contributed by atoms with E-state index in [1.165, 1.54) is 0 Å². The molecule has 5 nitrogen and oxygen atoms in total. The van der Waals surface area contributed by atoms with Crippen LogP contribution in [0.25, 0.3) is 27.9 Å². The number of carbonyl (C=O) groups is 1. The fraction of sp³-hybridized carbons (Fsp3) is 0.0400. The van der Waals surface area contributed by atoms with Gasteiger partial charge in [0.05, 0.1) is 22.4 Å². The van der Waals surface area contributed by atoms with Gasteiger partial charge in [-0.25, -0.2) is 0 Å². The quantitative estimate of drug-likeness (QED) is 0.338. The van der Waals surface area contributed by atoms with Crippen LogP contribution in [-0.2, 0) is 0 Å². The Morgan fingerprint density at radius 1 is 1.03 bits per heavy atom. The molecule has 0 atom stereocenters. The van der Waals surface area contributed by atoms with Gasteiger partial charge in [0.2, 0.25) is 0 Å². The lowest BCUT2D eigenvalue weighted by molar-refractivity contribution is 0.102. The molecule has 0 aliphatic rings. The molecule has 0 bridgehead atoms. The van der Waals surface area contributed by atoms with Crippen LogP contribution < -0.4 is 5.32 Å². The number of hydrogen-bond donors (Lipinski definition) is 1. The molecule has 0 aliphatic heterocycles. The van der Waals surface area contributed by atoms with Crippen molar-refractivity contribution in [2.75, 3.05) is 11.6 Å². The highest BCUT2D eigenvalue weighted by molar-refractivity contribution is 7.98.